The van der Waals surface area contributed by atoms with Crippen LogP contribution in [-0.4, -0.2) is 76.0 Å². The van der Waals surface area contributed by atoms with Gasteiger partial charge in [-0.15, -0.1) is 0 Å². The van der Waals surface area contributed by atoms with Crippen LogP contribution in [0.1, 0.15) is 6.92 Å². The average molecular weight is 390 g/mol. The number of rotatable bonds is 7. The minimum absolute atomic E-state index is 0.0804. The fraction of sp³-hybridized carbons (Fsp3) is 0.562. The molecule has 25 heavy (non-hydrogen) atoms. The summed E-state index contributed by atoms with van der Waals surface area (Å²) in [6, 6.07) is 5.95. The van der Waals surface area contributed by atoms with Crippen LogP contribution in [0.4, 0.5) is 0 Å². The molecule has 1 aliphatic heterocycles. The van der Waals surface area contributed by atoms with Gasteiger partial charge in [-0.3, -0.25) is 9.69 Å². The maximum absolute atomic E-state index is 12.7. The van der Waals surface area contributed by atoms with E-state index in [1.54, 1.807) is 25.3 Å². The van der Waals surface area contributed by atoms with Crippen molar-refractivity contribution in [1.29, 1.82) is 0 Å². The van der Waals surface area contributed by atoms with Gasteiger partial charge in [-0.2, -0.15) is 4.31 Å². The standard InChI is InChI=1S/C16H24ClN3O4S/c1-13(16(21)18-6-11-24-2)19-7-9-20(10-8-19)25(22,23)15-5-3-4-14(17)12-15/h3-5,12-13H,6-11H2,1-2H3,(H,18,21)/t13-/m1/s1. The lowest BCUT2D eigenvalue weighted by molar-refractivity contribution is -0.126. The second kappa shape index (κ2) is 8.95. The second-order valence-corrected chi connectivity index (χ2v) is 8.23. The Bertz CT molecular complexity index is 690. The number of methoxy groups -OCH3 is 1. The molecule has 7 nitrogen and oxygen atoms in total. The predicted octanol–water partition coefficient (Wildman–Crippen LogP) is 0.797. The summed E-state index contributed by atoms with van der Waals surface area (Å²) in [5, 5.41) is 3.19. The van der Waals surface area contributed by atoms with Crippen LogP contribution in [0.15, 0.2) is 29.2 Å². The number of benzene rings is 1. The van der Waals surface area contributed by atoms with E-state index in [4.69, 9.17) is 16.3 Å². The lowest BCUT2D eigenvalue weighted by Gasteiger charge is -2.36. The number of sulfonamides is 1. The quantitative estimate of drug-likeness (QED) is 0.698. The topological polar surface area (TPSA) is 79.0 Å². The van der Waals surface area contributed by atoms with Crippen LogP contribution in [0.3, 0.4) is 0 Å². The van der Waals surface area contributed by atoms with Crippen LogP contribution in [0.2, 0.25) is 5.02 Å². The normalized spacial score (nSPS) is 18.0. The first kappa shape index (κ1) is 20.1. The molecule has 0 bridgehead atoms. The second-order valence-electron chi connectivity index (χ2n) is 5.86. The third-order valence-electron chi connectivity index (χ3n) is 4.24. The van der Waals surface area contributed by atoms with Gasteiger partial charge < -0.3 is 10.1 Å². The molecule has 1 aromatic rings. The van der Waals surface area contributed by atoms with Gasteiger partial charge >= 0.3 is 0 Å². The Kier molecular flexibility index (Phi) is 7.21. The van der Waals surface area contributed by atoms with Crippen molar-refractivity contribution in [3.8, 4) is 0 Å². The SMILES string of the molecule is COCCNC(=O)[C@@H](C)N1CCN(S(=O)(=O)c2cccc(Cl)c2)CC1. The smallest absolute Gasteiger partial charge is 0.243 e. The third-order valence-corrected chi connectivity index (χ3v) is 6.37. The lowest BCUT2D eigenvalue weighted by atomic mass is 10.2. The molecule has 1 heterocycles. The Hall–Kier alpha value is -1.19. The highest BCUT2D eigenvalue weighted by atomic mass is 35.5. The zero-order valence-electron chi connectivity index (χ0n) is 14.4. The Balaban J connectivity index is 1.93. The molecule has 0 aromatic heterocycles. The molecule has 0 radical (unpaired) electrons. The maximum Gasteiger partial charge on any atom is 0.243 e. The van der Waals surface area contributed by atoms with Gasteiger partial charge in [0.25, 0.3) is 0 Å². The molecule has 1 aromatic carbocycles. The molecule has 1 atom stereocenters. The zero-order valence-corrected chi connectivity index (χ0v) is 16.0. The molecule has 0 saturated carbocycles. The van der Waals surface area contributed by atoms with Crippen LogP contribution >= 0.6 is 11.6 Å². The molecule has 0 aliphatic carbocycles. The highest BCUT2D eigenvalue weighted by Crippen LogP contribution is 2.21. The monoisotopic (exact) mass is 389 g/mol. The molecule has 140 valence electrons. The molecule has 1 amide bonds. The molecular weight excluding hydrogens is 366 g/mol. The van der Waals surface area contributed by atoms with Crippen LogP contribution < -0.4 is 5.32 Å². The minimum atomic E-state index is -3.57. The summed E-state index contributed by atoms with van der Waals surface area (Å²) >= 11 is 5.90. The summed E-state index contributed by atoms with van der Waals surface area (Å²) in [5.41, 5.74) is 0. The van der Waals surface area contributed by atoms with Gasteiger partial charge in [-0.05, 0) is 25.1 Å². The van der Waals surface area contributed by atoms with Crippen molar-refractivity contribution >= 4 is 27.5 Å². The van der Waals surface area contributed by atoms with Crippen molar-refractivity contribution in [2.75, 3.05) is 46.4 Å². The van der Waals surface area contributed by atoms with Crippen LogP contribution in [0, 0.1) is 0 Å². The van der Waals surface area contributed by atoms with E-state index in [2.05, 4.69) is 5.32 Å². The molecule has 1 fully saturated rings. The van der Waals surface area contributed by atoms with Gasteiger partial charge in [-0.25, -0.2) is 8.42 Å². The Labute approximate surface area is 153 Å². The summed E-state index contributed by atoms with van der Waals surface area (Å²) in [6.45, 7) is 4.42. The Morgan fingerprint density at radius 2 is 2.00 bits per heavy atom. The fourth-order valence-corrected chi connectivity index (χ4v) is 4.42. The number of amides is 1. The van der Waals surface area contributed by atoms with Crippen LogP contribution in [-0.2, 0) is 19.6 Å². The zero-order chi connectivity index (χ0) is 18.4. The number of hydrogen-bond donors (Lipinski definition) is 1. The van der Waals surface area contributed by atoms with E-state index in [0.29, 0.717) is 44.4 Å². The van der Waals surface area contributed by atoms with E-state index in [9.17, 15) is 13.2 Å². The van der Waals surface area contributed by atoms with E-state index >= 15 is 0 Å². The summed E-state index contributed by atoms with van der Waals surface area (Å²) in [5.74, 6) is -0.0804. The highest BCUT2D eigenvalue weighted by Gasteiger charge is 2.31. The van der Waals surface area contributed by atoms with Crippen molar-refractivity contribution in [2.45, 2.75) is 17.9 Å². The molecule has 1 aliphatic rings. The number of hydrogen-bond acceptors (Lipinski definition) is 5. The first-order valence-electron chi connectivity index (χ1n) is 8.12. The Morgan fingerprint density at radius 3 is 2.60 bits per heavy atom. The van der Waals surface area contributed by atoms with E-state index in [0.717, 1.165) is 0 Å². The largest absolute Gasteiger partial charge is 0.383 e. The number of nitrogens with zero attached hydrogens (tertiary/aromatic N) is 2. The van der Waals surface area contributed by atoms with Crippen molar-refractivity contribution < 1.29 is 17.9 Å². The third kappa shape index (κ3) is 5.15. The van der Waals surface area contributed by atoms with Crippen molar-refractivity contribution in [1.82, 2.24) is 14.5 Å². The Morgan fingerprint density at radius 1 is 1.32 bits per heavy atom. The number of carbonyl (C=O) groups is 1. The molecule has 2 rings (SSSR count). The minimum Gasteiger partial charge on any atom is -0.383 e. The number of halogens is 1. The van der Waals surface area contributed by atoms with Crippen molar-refractivity contribution in [2.24, 2.45) is 0 Å². The first-order chi connectivity index (χ1) is 11.9. The van der Waals surface area contributed by atoms with Gasteiger partial charge in [0.15, 0.2) is 0 Å². The molecule has 0 spiro atoms. The molecule has 0 unspecified atom stereocenters. The van der Waals surface area contributed by atoms with Gasteiger partial charge in [0.05, 0.1) is 17.5 Å². The first-order valence-corrected chi connectivity index (χ1v) is 9.94. The van der Waals surface area contributed by atoms with Crippen LogP contribution in [0.5, 0.6) is 0 Å². The van der Waals surface area contributed by atoms with Gasteiger partial charge in [0.1, 0.15) is 0 Å². The number of ether oxygens (including phenoxy) is 1. The summed E-state index contributed by atoms with van der Waals surface area (Å²) < 4.78 is 31.7. The van der Waals surface area contributed by atoms with Gasteiger partial charge in [0.2, 0.25) is 15.9 Å². The predicted molar refractivity (Wildman–Crippen MR) is 96.1 cm³/mol. The van der Waals surface area contributed by atoms with E-state index in [1.807, 2.05) is 11.8 Å². The van der Waals surface area contributed by atoms with E-state index in [-0.39, 0.29) is 16.8 Å². The molecule has 1 saturated heterocycles. The van der Waals surface area contributed by atoms with Crippen molar-refractivity contribution in [3.05, 3.63) is 29.3 Å². The average Bonchev–Trinajstić information content (AvgIpc) is 2.61. The van der Waals surface area contributed by atoms with E-state index < -0.39 is 10.0 Å². The fourth-order valence-electron chi connectivity index (χ4n) is 2.70. The van der Waals surface area contributed by atoms with Gasteiger partial charge in [0, 0.05) is 44.9 Å². The van der Waals surface area contributed by atoms with Crippen molar-refractivity contribution in [3.63, 3.8) is 0 Å². The van der Waals surface area contributed by atoms with E-state index in [1.165, 1.54) is 10.4 Å². The maximum atomic E-state index is 12.7. The molecular formula is C16H24ClN3O4S. The summed E-state index contributed by atoms with van der Waals surface area (Å²) in [6.07, 6.45) is 0. The highest BCUT2D eigenvalue weighted by molar-refractivity contribution is 7.89. The summed E-state index contributed by atoms with van der Waals surface area (Å²) in [4.78, 5) is 14.3. The number of carbonyl (C=O) groups excluding carboxylic acids is 1. The summed E-state index contributed by atoms with van der Waals surface area (Å²) in [7, 11) is -1.99. The van der Waals surface area contributed by atoms with Gasteiger partial charge in [-0.1, -0.05) is 17.7 Å². The lowest BCUT2D eigenvalue weighted by Crippen LogP contribution is -2.55. The molecule has 1 N–H and O–H groups in total. The molecule has 9 heteroatoms. The van der Waals surface area contributed by atoms with Crippen LogP contribution in [0.25, 0.3) is 0 Å². The number of piperazine rings is 1. The number of nitrogens with one attached hydrogen (secondary N) is 1.